The molecule has 0 amide bonds. The van der Waals surface area contributed by atoms with Crippen molar-refractivity contribution in [1.82, 2.24) is 9.13 Å². The number of para-hydroxylation sites is 2. The summed E-state index contributed by atoms with van der Waals surface area (Å²) < 4.78 is 10.4. The van der Waals surface area contributed by atoms with Gasteiger partial charge in [-0.05, 0) is 153 Å². The number of benzene rings is 2. The molecule has 2 aliphatic rings. The topological polar surface area (TPSA) is 24.1 Å². The van der Waals surface area contributed by atoms with Gasteiger partial charge in [-0.2, -0.15) is 10.6 Å². The second-order valence-electron chi connectivity index (χ2n) is 26.4. The van der Waals surface area contributed by atoms with Gasteiger partial charge in [0, 0.05) is 50.1 Å². The Hall–Kier alpha value is -3.37. The van der Waals surface area contributed by atoms with Crippen molar-refractivity contribution in [3.05, 3.63) is 81.4 Å². The smallest absolute Gasteiger partial charge is 0.140 e. The van der Waals surface area contributed by atoms with Crippen LogP contribution >= 0.6 is 0 Å². The highest BCUT2D eigenvalue weighted by atomic mass is 28.2. The van der Waals surface area contributed by atoms with Crippen LogP contribution in [0.4, 0.5) is 11.4 Å². The number of anilines is 2. The minimum atomic E-state index is 0.0580. The standard InChI is InChI=1S/2C31H51N3Si/c2*1-19(2)25-16-15-17-26(20(3)4)27(25)34-28(30(11,12)18-31(34,13)14)35-29-32(21(5)6)23(9)24(10)33(29)22(7)8/h2*15-17,19-22H,18H2,1-14H3. The molecule has 0 atom stereocenters. The third-order valence-corrected chi connectivity index (χ3v) is 19.4. The van der Waals surface area contributed by atoms with Crippen LogP contribution in [-0.2, 0) is 0 Å². The zero-order valence-electron chi connectivity index (χ0n) is 50.2. The maximum absolute atomic E-state index is 2.79. The van der Waals surface area contributed by atoms with Crippen molar-refractivity contribution in [2.45, 2.75) is 266 Å². The first kappa shape index (κ1) is 57.5. The fourth-order valence-corrected chi connectivity index (χ4v) is 17.6. The van der Waals surface area contributed by atoms with Crippen LogP contribution in [0.5, 0.6) is 0 Å². The Morgan fingerprint density at radius 2 is 0.686 bits per heavy atom. The van der Waals surface area contributed by atoms with Gasteiger partial charge in [0.2, 0.25) is 0 Å². The van der Waals surface area contributed by atoms with E-state index in [4.69, 9.17) is 0 Å². The van der Waals surface area contributed by atoms with Gasteiger partial charge in [0.1, 0.15) is 22.8 Å². The molecular formula is C62H102N6Si2. The Morgan fingerprint density at radius 3 is 0.900 bits per heavy atom. The first-order chi connectivity index (χ1) is 32.0. The molecule has 6 rings (SSSR count). The summed E-state index contributed by atoms with van der Waals surface area (Å²) in [7, 11) is 1.26. The van der Waals surface area contributed by atoms with Crippen molar-refractivity contribution in [3.8, 4) is 0 Å². The predicted molar refractivity (Wildman–Crippen MR) is 310 cm³/mol. The van der Waals surface area contributed by atoms with Gasteiger partial charge < -0.3 is 9.80 Å². The summed E-state index contributed by atoms with van der Waals surface area (Å²) >= 11 is 0. The lowest BCUT2D eigenvalue weighted by Crippen LogP contribution is -2.57. The second-order valence-corrected chi connectivity index (χ2v) is 28.7. The molecule has 0 unspecified atom stereocenters. The first-order valence-electron chi connectivity index (χ1n) is 27.5. The van der Waals surface area contributed by atoms with Crippen LogP contribution in [0.1, 0.15) is 272 Å². The molecule has 388 valence electrons. The highest BCUT2D eigenvalue weighted by Gasteiger charge is 2.46. The van der Waals surface area contributed by atoms with Crippen molar-refractivity contribution in [3.63, 3.8) is 0 Å². The molecule has 0 saturated carbocycles. The van der Waals surface area contributed by atoms with E-state index in [-0.39, 0.29) is 21.9 Å². The summed E-state index contributed by atoms with van der Waals surface area (Å²) in [4.78, 5) is 5.59. The van der Waals surface area contributed by atoms with E-state index in [2.05, 4.69) is 258 Å². The van der Waals surface area contributed by atoms with Gasteiger partial charge in [0.15, 0.2) is 0 Å². The monoisotopic (exact) mass is 987 g/mol. The van der Waals surface area contributed by atoms with Crippen molar-refractivity contribution >= 4 is 51.1 Å². The maximum Gasteiger partial charge on any atom is 0.140 e. The fraction of sp³-hybridized carbons (Fsp3) is 0.677. The molecule has 0 radical (unpaired) electrons. The summed E-state index contributed by atoms with van der Waals surface area (Å²) in [6.07, 6.45) is 2.32. The molecule has 2 saturated heterocycles. The molecule has 0 N–H and O–H groups in total. The van der Waals surface area contributed by atoms with Crippen LogP contribution in [0, 0.1) is 38.5 Å². The molecule has 0 bridgehead atoms. The fourth-order valence-electron chi connectivity index (χ4n) is 13.1. The molecule has 2 fully saturated rings. The van der Waals surface area contributed by atoms with E-state index in [0.29, 0.717) is 66.1 Å². The summed E-state index contributed by atoms with van der Waals surface area (Å²) in [5.74, 6) is 1.93. The lowest BCUT2D eigenvalue weighted by atomic mass is 9.85. The Kier molecular flexibility index (Phi) is 17.1. The highest BCUT2D eigenvalue weighted by Crippen LogP contribution is 2.50. The Labute approximate surface area is 434 Å². The SMILES string of the molecule is Cc1c(C)[n+](C(C)C)c([Si-]=C2N(c3c(C(C)C)cccc3C(C)C)C(C)(C)CC2(C)C)n1C(C)C.Cc1c(C)[n+](C(C)C)c([Si-]=C2N(c3c(C(C)C)cccc3C(C)C)C(C)(C)CC2(C)C)n1C(C)C. The van der Waals surface area contributed by atoms with Gasteiger partial charge in [0.25, 0.3) is 0 Å². The van der Waals surface area contributed by atoms with E-state index < -0.39 is 0 Å². The number of rotatable bonds is 12. The number of nitrogens with zero attached hydrogens (tertiary/aromatic N) is 6. The molecule has 8 heteroatoms. The summed E-state index contributed by atoms with van der Waals surface area (Å²) in [5, 5.41) is 3.18. The maximum atomic E-state index is 2.79. The van der Waals surface area contributed by atoms with Crippen molar-refractivity contribution in [2.24, 2.45) is 10.8 Å². The van der Waals surface area contributed by atoms with Crippen molar-refractivity contribution in [1.29, 1.82) is 0 Å². The predicted octanol–water partition coefficient (Wildman–Crippen LogP) is 14.0. The number of hydrogen-bond acceptors (Lipinski definition) is 2. The molecule has 4 heterocycles. The Morgan fingerprint density at radius 1 is 0.429 bits per heavy atom. The summed E-state index contributed by atoms with van der Waals surface area (Å²) in [6, 6.07) is 15.8. The number of imidazole rings is 2. The summed E-state index contributed by atoms with van der Waals surface area (Å²) in [6.45, 7) is 66.5. The van der Waals surface area contributed by atoms with Gasteiger partial charge in [-0.1, -0.05) is 119 Å². The van der Waals surface area contributed by atoms with E-state index in [9.17, 15) is 0 Å². The van der Waals surface area contributed by atoms with Crippen LogP contribution < -0.4 is 29.8 Å². The minimum absolute atomic E-state index is 0.0580. The Bertz CT molecular complexity index is 2290. The Balaban J connectivity index is 0.000000261. The average Bonchev–Trinajstić information content (AvgIpc) is 3.76. The van der Waals surface area contributed by atoms with Gasteiger partial charge in [-0.3, -0.25) is 36.5 Å². The van der Waals surface area contributed by atoms with Crippen LogP contribution in [0.3, 0.4) is 0 Å². The van der Waals surface area contributed by atoms with E-state index in [1.807, 2.05) is 0 Å². The molecule has 2 aromatic carbocycles. The van der Waals surface area contributed by atoms with E-state index in [0.717, 1.165) is 12.8 Å². The van der Waals surface area contributed by atoms with E-state index in [1.165, 1.54) is 67.3 Å². The van der Waals surface area contributed by atoms with Gasteiger partial charge in [-0.15, -0.1) is 0 Å². The molecule has 2 aromatic heterocycles. The molecular weight excluding hydrogens is 885 g/mol. The summed E-state index contributed by atoms with van der Waals surface area (Å²) in [5.41, 5.74) is 17.8. The molecule has 70 heavy (non-hydrogen) atoms. The van der Waals surface area contributed by atoms with E-state index >= 15 is 0 Å². The minimum Gasteiger partial charge on any atom is -0.378 e. The molecule has 0 aliphatic carbocycles. The van der Waals surface area contributed by atoms with Gasteiger partial charge >= 0.3 is 0 Å². The third kappa shape index (κ3) is 10.7. The van der Waals surface area contributed by atoms with Crippen molar-refractivity contribution < 1.29 is 9.13 Å². The molecule has 2 aliphatic heterocycles. The zero-order chi connectivity index (χ0) is 53.2. The van der Waals surface area contributed by atoms with Crippen LogP contribution in [-0.4, -0.2) is 49.1 Å². The number of aromatic nitrogens is 4. The van der Waals surface area contributed by atoms with E-state index in [1.54, 1.807) is 10.6 Å². The quantitative estimate of drug-likeness (QED) is 0.104. The normalized spacial score (nSPS) is 18.8. The third-order valence-electron chi connectivity index (χ3n) is 15.8. The molecule has 6 nitrogen and oxygen atoms in total. The lowest BCUT2D eigenvalue weighted by molar-refractivity contribution is -0.704. The first-order valence-corrected chi connectivity index (χ1v) is 29.5. The average molecular weight is 988 g/mol. The largest absolute Gasteiger partial charge is 0.378 e. The van der Waals surface area contributed by atoms with Gasteiger partial charge in [0.05, 0.1) is 35.1 Å². The molecule has 4 aromatic rings. The van der Waals surface area contributed by atoms with Gasteiger partial charge in [-0.25, -0.2) is 0 Å². The van der Waals surface area contributed by atoms with Crippen LogP contribution in [0.25, 0.3) is 0 Å². The lowest BCUT2D eigenvalue weighted by Gasteiger charge is -2.43. The second kappa shape index (κ2) is 20.9. The van der Waals surface area contributed by atoms with Crippen molar-refractivity contribution in [2.75, 3.05) is 9.80 Å². The number of hydrogen-bond donors (Lipinski definition) is 0. The zero-order valence-corrected chi connectivity index (χ0v) is 52.2. The van der Waals surface area contributed by atoms with Crippen LogP contribution in [0.2, 0.25) is 0 Å². The van der Waals surface area contributed by atoms with Crippen LogP contribution in [0.15, 0.2) is 36.4 Å². The molecule has 0 spiro atoms. The highest BCUT2D eigenvalue weighted by molar-refractivity contribution is 6.68.